The standard InChI is InChI=1S/C13H18BrFN2O2S2/c1-20-9-4-2-8(3-5-9)17-21(18,19)13-7-12(16)11(15)6-10(13)14/h6-9,17H,2-5,16H2,1H3. The molecule has 1 aliphatic rings. The first-order chi connectivity index (χ1) is 9.83. The average Bonchev–Trinajstić information content (AvgIpc) is 2.43. The minimum atomic E-state index is -3.70. The van der Waals surface area contributed by atoms with Crippen molar-refractivity contribution in [2.45, 2.75) is 41.9 Å². The number of nitrogens with two attached hydrogens (primary N) is 1. The highest BCUT2D eigenvalue weighted by Crippen LogP contribution is 2.30. The Bertz CT molecular complexity index is 617. The normalized spacial score (nSPS) is 23.2. The molecule has 21 heavy (non-hydrogen) atoms. The Labute approximate surface area is 137 Å². The number of nitrogen functional groups attached to an aromatic ring is 1. The number of sulfonamides is 1. The van der Waals surface area contributed by atoms with E-state index in [9.17, 15) is 12.8 Å². The Morgan fingerprint density at radius 2 is 1.95 bits per heavy atom. The maximum absolute atomic E-state index is 13.3. The Balaban J connectivity index is 2.14. The van der Waals surface area contributed by atoms with Crippen LogP contribution in [0.4, 0.5) is 10.1 Å². The van der Waals surface area contributed by atoms with E-state index in [-0.39, 0.29) is 21.1 Å². The van der Waals surface area contributed by atoms with Crippen molar-refractivity contribution in [2.24, 2.45) is 0 Å². The van der Waals surface area contributed by atoms with Gasteiger partial charge < -0.3 is 5.73 Å². The molecule has 0 unspecified atom stereocenters. The summed E-state index contributed by atoms with van der Waals surface area (Å²) in [4.78, 5) is -0.0200. The molecule has 2 rings (SSSR count). The van der Waals surface area contributed by atoms with E-state index in [1.54, 1.807) is 0 Å². The summed E-state index contributed by atoms with van der Waals surface area (Å²) in [5, 5.41) is 0.610. The molecule has 0 aromatic heterocycles. The van der Waals surface area contributed by atoms with Crippen molar-refractivity contribution in [3.8, 4) is 0 Å². The molecule has 0 heterocycles. The summed E-state index contributed by atoms with van der Waals surface area (Å²) in [6, 6.07) is 2.15. The molecule has 1 aromatic rings. The van der Waals surface area contributed by atoms with Gasteiger partial charge in [-0.15, -0.1) is 0 Å². The van der Waals surface area contributed by atoms with E-state index in [0.717, 1.165) is 37.8 Å². The largest absolute Gasteiger partial charge is 0.396 e. The highest BCUT2D eigenvalue weighted by molar-refractivity contribution is 9.10. The first-order valence-electron chi connectivity index (χ1n) is 6.63. The predicted octanol–water partition coefficient (Wildman–Crippen LogP) is 3.12. The van der Waals surface area contributed by atoms with Crippen molar-refractivity contribution in [3.05, 3.63) is 22.4 Å². The van der Waals surface area contributed by atoms with Gasteiger partial charge in [0, 0.05) is 15.8 Å². The number of benzene rings is 1. The summed E-state index contributed by atoms with van der Waals surface area (Å²) >= 11 is 4.91. The topological polar surface area (TPSA) is 72.2 Å². The van der Waals surface area contributed by atoms with Crippen LogP contribution >= 0.6 is 27.7 Å². The molecule has 1 aromatic carbocycles. The highest BCUT2D eigenvalue weighted by atomic mass is 79.9. The zero-order valence-electron chi connectivity index (χ0n) is 11.6. The number of nitrogens with one attached hydrogen (secondary N) is 1. The molecule has 1 aliphatic carbocycles. The van der Waals surface area contributed by atoms with Gasteiger partial charge in [0.1, 0.15) is 5.82 Å². The predicted molar refractivity (Wildman–Crippen MR) is 88.4 cm³/mol. The van der Waals surface area contributed by atoms with Gasteiger partial charge in [0.2, 0.25) is 10.0 Å². The molecule has 0 spiro atoms. The number of hydrogen-bond donors (Lipinski definition) is 2. The number of halogens is 2. The molecular formula is C13H18BrFN2O2S2. The van der Waals surface area contributed by atoms with Gasteiger partial charge in [-0.1, -0.05) is 0 Å². The van der Waals surface area contributed by atoms with Gasteiger partial charge in [0.25, 0.3) is 0 Å². The van der Waals surface area contributed by atoms with E-state index < -0.39 is 15.8 Å². The summed E-state index contributed by atoms with van der Waals surface area (Å²) in [6.45, 7) is 0. The summed E-state index contributed by atoms with van der Waals surface area (Å²) < 4.78 is 41.0. The molecule has 0 atom stereocenters. The van der Waals surface area contributed by atoms with E-state index in [1.165, 1.54) is 0 Å². The van der Waals surface area contributed by atoms with Crippen molar-refractivity contribution in [1.82, 2.24) is 4.72 Å². The summed E-state index contributed by atoms with van der Waals surface area (Å²) in [5.74, 6) is -0.638. The van der Waals surface area contributed by atoms with E-state index in [4.69, 9.17) is 5.73 Å². The smallest absolute Gasteiger partial charge is 0.242 e. The first-order valence-corrected chi connectivity index (χ1v) is 10.2. The fourth-order valence-electron chi connectivity index (χ4n) is 2.45. The summed E-state index contributed by atoms with van der Waals surface area (Å²) in [5.41, 5.74) is 5.29. The van der Waals surface area contributed by atoms with Gasteiger partial charge in [-0.25, -0.2) is 17.5 Å². The number of anilines is 1. The maximum atomic E-state index is 13.3. The molecule has 8 heteroatoms. The van der Waals surface area contributed by atoms with E-state index in [2.05, 4.69) is 26.9 Å². The second-order valence-electron chi connectivity index (χ2n) is 5.13. The average molecular weight is 397 g/mol. The molecular weight excluding hydrogens is 379 g/mol. The highest BCUT2D eigenvalue weighted by Gasteiger charge is 2.27. The van der Waals surface area contributed by atoms with Crippen LogP contribution in [0.5, 0.6) is 0 Å². The fraction of sp³-hybridized carbons (Fsp3) is 0.538. The Morgan fingerprint density at radius 1 is 1.33 bits per heavy atom. The molecule has 0 amide bonds. The molecule has 0 bridgehead atoms. The van der Waals surface area contributed by atoms with Crippen LogP contribution in [-0.2, 0) is 10.0 Å². The second kappa shape index (κ2) is 6.85. The van der Waals surface area contributed by atoms with Crippen LogP contribution in [0.3, 0.4) is 0 Å². The van der Waals surface area contributed by atoms with Crippen molar-refractivity contribution < 1.29 is 12.8 Å². The fourth-order valence-corrected chi connectivity index (χ4v) is 5.55. The van der Waals surface area contributed by atoms with Crippen LogP contribution in [0.25, 0.3) is 0 Å². The Kier molecular flexibility index (Phi) is 5.56. The molecule has 0 radical (unpaired) electrons. The van der Waals surface area contributed by atoms with Gasteiger partial charge >= 0.3 is 0 Å². The van der Waals surface area contributed by atoms with Crippen molar-refractivity contribution in [1.29, 1.82) is 0 Å². The van der Waals surface area contributed by atoms with Gasteiger partial charge in [-0.2, -0.15) is 11.8 Å². The van der Waals surface area contributed by atoms with Crippen molar-refractivity contribution in [2.75, 3.05) is 12.0 Å². The third kappa shape index (κ3) is 4.12. The molecule has 0 saturated heterocycles. The van der Waals surface area contributed by atoms with Gasteiger partial charge in [0.05, 0.1) is 10.6 Å². The van der Waals surface area contributed by atoms with Crippen molar-refractivity contribution in [3.63, 3.8) is 0 Å². The molecule has 118 valence electrons. The quantitative estimate of drug-likeness (QED) is 0.766. The number of hydrogen-bond acceptors (Lipinski definition) is 4. The maximum Gasteiger partial charge on any atom is 0.242 e. The lowest BCUT2D eigenvalue weighted by Crippen LogP contribution is -2.38. The number of thioether (sulfide) groups is 1. The third-order valence-corrected chi connectivity index (χ3v) is 7.29. The molecule has 4 nitrogen and oxygen atoms in total. The zero-order chi connectivity index (χ0) is 15.6. The minimum Gasteiger partial charge on any atom is -0.396 e. The lowest BCUT2D eigenvalue weighted by molar-refractivity contribution is 0.420. The third-order valence-electron chi connectivity index (χ3n) is 3.67. The monoisotopic (exact) mass is 396 g/mol. The van der Waals surface area contributed by atoms with E-state index in [1.807, 2.05) is 11.8 Å². The summed E-state index contributed by atoms with van der Waals surface area (Å²) in [6.07, 6.45) is 5.72. The van der Waals surface area contributed by atoms with Crippen molar-refractivity contribution >= 4 is 43.4 Å². The lowest BCUT2D eigenvalue weighted by Gasteiger charge is -2.28. The number of rotatable bonds is 4. The Morgan fingerprint density at radius 3 is 2.52 bits per heavy atom. The molecule has 0 aliphatic heterocycles. The molecule has 1 fully saturated rings. The first kappa shape index (κ1) is 17.1. The van der Waals surface area contributed by atoms with Crippen LogP contribution in [0.1, 0.15) is 25.7 Å². The van der Waals surface area contributed by atoms with Crippen LogP contribution in [0, 0.1) is 5.82 Å². The van der Waals surface area contributed by atoms with Crippen LogP contribution in [-0.4, -0.2) is 26.0 Å². The zero-order valence-corrected chi connectivity index (χ0v) is 14.8. The Hall–Kier alpha value is -0.310. The van der Waals surface area contributed by atoms with E-state index in [0.29, 0.717) is 5.25 Å². The summed E-state index contributed by atoms with van der Waals surface area (Å²) in [7, 11) is -3.70. The lowest BCUT2D eigenvalue weighted by atomic mass is 9.96. The minimum absolute atomic E-state index is 0.0200. The van der Waals surface area contributed by atoms with Crippen LogP contribution < -0.4 is 10.5 Å². The SMILES string of the molecule is CSC1CCC(NS(=O)(=O)c2cc(N)c(F)cc2Br)CC1. The van der Waals surface area contributed by atoms with Gasteiger partial charge in [-0.05, 0) is 60.0 Å². The second-order valence-corrected chi connectivity index (χ2v) is 8.81. The van der Waals surface area contributed by atoms with E-state index >= 15 is 0 Å². The van der Waals surface area contributed by atoms with Gasteiger partial charge in [-0.3, -0.25) is 0 Å². The van der Waals surface area contributed by atoms with Gasteiger partial charge in [0.15, 0.2) is 0 Å². The van der Waals surface area contributed by atoms with Crippen LogP contribution in [0.15, 0.2) is 21.5 Å². The molecule has 3 N–H and O–H groups in total. The molecule has 1 saturated carbocycles. The van der Waals surface area contributed by atoms with Crippen LogP contribution in [0.2, 0.25) is 0 Å².